The smallest absolute Gasteiger partial charge is 0.191 e. The second-order valence-corrected chi connectivity index (χ2v) is 4.71. The van der Waals surface area contributed by atoms with Crippen LogP contribution in [0.3, 0.4) is 0 Å². The van der Waals surface area contributed by atoms with E-state index in [4.69, 9.17) is 0 Å². The average Bonchev–Trinajstić information content (AvgIpc) is 2.96. The maximum Gasteiger partial charge on any atom is 0.191 e. The number of aromatic nitrogens is 2. The third-order valence-corrected chi connectivity index (χ3v) is 3.04. The Kier molecular flexibility index (Phi) is 12.4. The van der Waals surface area contributed by atoms with E-state index in [1.807, 2.05) is 16.9 Å². The molecule has 0 aliphatic heterocycles. The van der Waals surface area contributed by atoms with Gasteiger partial charge in [0.15, 0.2) is 5.96 Å². The van der Waals surface area contributed by atoms with Gasteiger partial charge in [0.2, 0.25) is 0 Å². The summed E-state index contributed by atoms with van der Waals surface area (Å²) in [5, 5.41) is 10.8. The minimum Gasteiger partial charge on any atom is -0.357 e. The van der Waals surface area contributed by atoms with E-state index in [0.29, 0.717) is 0 Å². The van der Waals surface area contributed by atoms with Gasteiger partial charge >= 0.3 is 0 Å². The Bertz CT molecular complexity index is 366. The fourth-order valence-electron chi connectivity index (χ4n) is 1.72. The third-order valence-electron chi connectivity index (χ3n) is 3.04. The number of hydrogen-bond donors (Lipinski definition) is 2. The summed E-state index contributed by atoms with van der Waals surface area (Å²) >= 11 is 0. The number of rotatable bonds is 9. The highest BCUT2D eigenvalue weighted by Gasteiger charge is 1.98. The fraction of sp³-hybridized carbons (Fsp3) is 0.714. The molecule has 0 radical (unpaired) electrons. The van der Waals surface area contributed by atoms with E-state index >= 15 is 0 Å². The molecule has 0 aromatic carbocycles. The van der Waals surface area contributed by atoms with Crippen LogP contribution in [-0.4, -0.2) is 60.4 Å². The Morgan fingerprint density at radius 3 is 2.76 bits per heavy atom. The van der Waals surface area contributed by atoms with Gasteiger partial charge in [0, 0.05) is 45.1 Å². The molecule has 21 heavy (non-hydrogen) atoms. The molecule has 2 N–H and O–H groups in total. The van der Waals surface area contributed by atoms with E-state index in [1.54, 1.807) is 6.20 Å². The minimum absolute atomic E-state index is 0. The maximum absolute atomic E-state index is 4.57. The van der Waals surface area contributed by atoms with Gasteiger partial charge in [-0.1, -0.05) is 6.92 Å². The molecule has 0 bridgehead atoms. The van der Waals surface area contributed by atoms with Crippen molar-refractivity contribution < 1.29 is 0 Å². The summed E-state index contributed by atoms with van der Waals surface area (Å²) in [7, 11) is 2.12. The highest BCUT2D eigenvalue weighted by Crippen LogP contribution is 1.90. The van der Waals surface area contributed by atoms with Crippen LogP contribution in [0.5, 0.6) is 0 Å². The van der Waals surface area contributed by atoms with Gasteiger partial charge in [-0.25, -0.2) is 0 Å². The molecule has 7 heteroatoms. The van der Waals surface area contributed by atoms with E-state index in [0.717, 1.165) is 51.6 Å². The largest absolute Gasteiger partial charge is 0.357 e. The van der Waals surface area contributed by atoms with Gasteiger partial charge in [-0.3, -0.25) is 9.67 Å². The summed E-state index contributed by atoms with van der Waals surface area (Å²) in [6.07, 6.45) is 4.78. The zero-order valence-electron chi connectivity index (χ0n) is 13.4. The predicted molar refractivity (Wildman–Crippen MR) is 99.4 cm³/mol. The number of halogens is 1. The van der Waals surface area contributed by atoms with E-state index in [2.05, 4.69) is 46.5 Å². The summed E-state index contributed by atoms with van der Waals surface area (Å²) in [5.74, 6) is 0.900. The second-order valence-electron chi connectivity index (χ2n) is 4.71. The molecular weight excluding hydrogens is 379 g/mol. The molecule has 1 rings (SSSR count). The molecule has 0 amide bonds. The maximum atomic E-state index is 4.57. The van der Waals surface area contributed by atoms with E-state index in [-0.39, 0.29) is 24.0 Å². The third kappa shape index (κ3) is 9.67. The first kappa shape index (κ1) is 20.2. The molecule has 0 aliphatic carbocycles. The minimum atomic E-state index is 0. The highest BCUT2D eigenvalue weighted by molar-refractivity contribution is 14.0. The molecule has 0 atom stereocenters. The molecule has 1 heterocycles. The number of hydrogen-bond acceptors (Lipinski definition) is 3. The molecule has 0 fully saturated rings. The van der Waals surface area contributed by atoms with Crippen molar-refractivity contribution in [2.24, 2.45) is 4.99 Å². The second kappa shape index (κ2) is 12.9. The lowest BCUT2D eigenvalue weighted by molar-refractivity contribution is 0.357. The first-order chi connectivity index (χ1) is 9.76. The fourth-order valence-corrected chi connectivity index (χ4v) is 1.72. The predicted octanol–water partition coefficient (Wildman–Crippen LogP) is 1.40. The summed E-state index contributed by atoms with van der Waals surface area (Å²) < 4.78 is 1.94. The van der Waals surface area contributed by atoms with Crippen LogP contribution < -0.4 is 10.6 Å². The molecule has 0 unspecified atom stereocenters. The normalized spacial score (nSPS) is 11.3. The van der Waals surface area contributed by atoms with Gasteiger partial charge < -0.3 is 15.5 Å². The van der Waals surface area contributed by atoms with Gasteiger partial charge in [-0.15, -0.1) is 24.0 Å². The van der Waals surface area contributed by atoms with Crippen LogP contribution in [-0.2, 0) is 6.54 Å². The number of aliphatic imine (C=N–C) groups is 1. The first-order valence-corrected chi connectivity index (χ1v) is 7.44. The average molecular weight is 408 g/mol. The van der Waals surface area contributed by atoms with E-state index in [1.165, 1.54) is 0 Å². The lowest BCUT2D eigenvalue weighted by Gasteiger charge is -2.16. The zero-order chi connectivity index (χ0) is 14.6. The van der Waals surface area contributed by atoms with Crippen molar-refractivity contribution in [1.29, 1.82) is 0 Å². The topological polar surface area (TPSA) is 57.5 Å². The van der Waals surface area contributed by atoms with Crippen LogP contribution in [0.25, 0.3) is 0 Å². The van der Waals surface area contributed by atoms with Gasteiger partial charge in [0.25, 0.3) is 0 Å². The molecule has 6 nitrogen and oxygen atoms in total. The molecule has 0 saturated heterocycles. The molecule has 1 aromatic rings. The van der Waals surface area contributed by atoms with Crippen LogP contribution in [0, 0.1) is 0 Å². The number of guanidine groups is 1. The monoisotopic (exact) mass is 408 g/mol. The van der Waals surface area contributed by atoms with Gasteiger partial charge in [0.1, 0.15) is 0 Å². The Morgan fingerprint density at radius 1 is 1.33 bits per heavy atom. The Labute approximate surface area is 145 Å². The first-order valence-electron chi connectivity index (χ1n) is 7.44. The summed E-state index contributed by atoms with van der Waals surface area (Å²) in [4.78, 5) is 6.84. The van der Waals surface area contributed by atoms with Crippen LogP contribution in [0.2, 0.25) is 0 Å². The van der Waals surface area contributed by atoms with E-state index < -0.39 is 0 Å². The SMILES string of the molecule is CCNC(=NCCCn1cccn1)NCCN(C)CC.I. The van der Waals surface area contributed by atoms with Crippen molar-refractivity contribution in [2.75, 3.05) is 39.8 Å². The van der Waals surface area contributed by atoms with Crippen LogP contribution in [0.4, 0.5) is 0 Å². The molecule has 1 aromatic heterocycles. The summed E-state index contributed by atoms with van der Waals surface area (Å²) in [6, 6.07) is 1.94. The Morgan fingerprint density at radius 2 is 2.14 bits per heavy atom. The Balaban J connectivity index is 0.00000400. The van der Waals surface area contributed by atoms with Crippen molar-refractivity contribution in [3.8, 4) is 0 Å². The summed E-state index contributed by atoms with van der Waals surface area (Å²) in [5.41, 5.74) is 0. The van der Waals surface area contributed by atoms with Crippen LogP contribution >= 0.6 is 24.0 Å². The molecule has 0 spiro atoms. The van der Waals surface area contributed by atoms with Crippen molar-refractivity contribution in [2.45, 2.75) is 26.8 Å². The van der Waals surface area contributed by atoms with Gasteiger partial charge in [0.05, 0.1) is 0 Å². The van der Waals surface area contributed by atoms with Crippen molar-refractivity contribution in [3.05, 3.63) is 18.5 Å². The molecule has 122 valence electrons. The van der Waals surface area contributed by atoms with E-state index in [9.17, 15) is 0 Å². The summed E-state index contributed by atoms with van der Waals surface area (Å²) in [6.45, 7) is 9.85. The zero-order valence-corrected chi connectivity index (χ0v) is 15.7. The lowest BCUT2D eigenvalue weighted by Crippen LogP contribution is -2.41. The molecular formula is C14H29IN6. The van der Waals surface area contributed by atoms with Gasteiger partial charge in [-0.2, -0.15) is 5.10 Å². The highest BCUT2D eigenvalue weighted by atomic mass is 127. The number of nitrogens with one attached hydrogen (secondary N) is 2. The Hall–Kier alpha value is -0.830. The molecule has 0 aliphatic rings. The number of likely N-dealkylation sites (N-methyl/N-ethyl adjacent to an activating group) is 1. The van der Waals surface area contributed by atoms with Gasteiger partial charge in [-0.05, 0) is 33.0 Å². The van der Waals surface area contributed by atoms with Crippen molar-refractivity contribution in [1.82, 2.24) is 25.3 Å². The quantitative estimate of drug-likeness (QED) is 0.281. The number of nitrogens with zero attached hydrogens (tertiary/aromatic N) is 4. The lowest BCUT2D eigenvalue weighted by atomic mass is 10.4. The standard InChI is InChI=1S/C14H28N6.HI/c1-4-15-14(17-10-13-19(3)5-2)16-8-6-11-20-12-7-9-18-20;/h7,9,12H,4-6,8,10-11,13H2,1-3H3,(H2,15,16,17);1H. The number of aryl methyl sites for hydroxylation is 1. The van der Waals surface area contributed by atoms with Crippen molar-refractivity contribution in [3.63, 3.8) is 0 Å². The molecule has 0 saturated carbocycles. The van der Waals surface area contributed by atoms with Crippen molar-refractivity contribution >= 4 is 29.9 Å². The van der Waals surface area contributed by atoms with Crippen LogP contribution in [0.1, 0.15) is 20.3 Å². The van der Waals surface area contributed by atoms with Crippen LogP contribution in [0.15, 0.2) is 23.5 Å².